The van der Waals surface area contributed by atoms with E-state index in [0.29, 0.717) is 36.1 Å². The largest absolute Gasteiger partial charge is 0.463 e. The van der Waals surface area contributed by atoms with Crippen molar-refractivity contribution < 1.29 is 9.53 Å². The third kappa shape index (κ3) is 4.67. The molecule has 2 heterocycles. The molecule has 0 atom stereocenters. The molecule has 2 aromatic heterocycles. The van der Waals surface area contributed by atoms with Crippen LogP contribution in [-0.2, 0) is 16.0 Å². The molecule has 0 bridgehead atoms. The molecule has 0 aliphatic heterocycles. The number of fused-ring (bicyclic) bond motifs is 1. The highest BCUT2D eigenvalue weighted by molar-refractivity contribution is 6.30. The minimum absolute atomic E-state index is 0.310. The van der Waals surface area contributed by atoms with Crippen molar-refractivity contribution in [2.75, 3.05) is 6.61 Å². The fourth-order valence-corrected chi connectivity index (χ4v) is 2.63. The molecule has 1 aromatic carbocycles. The normalized spacial score (nSPS) is 11.3. The Morgan fingerprint density at radius 1 is 1.23 bits per heavy atom. The molecule has 0 fully saturated rings. The van der Waals surface area contributed by atoms with Crippen LogP contribution in [0.3, 0.4) is 0 Å². The molecule has 0 aliphatic rings. The summed E-state index contributed by atoms with van der Waals surface area (Å²) in [4.78, 5) is 20.5. The molecule has 0 aliphatic carbocycles. The highest BCUT2D eigenvalue weighted by Crippen LogP contribution is 2.11. The molecular weight excluding hydrogens is 352 g/mol. The maximum Gasteiger partial charge on any atom is 0.330 e. The number of carbonyl (C=O) groups excluding carboxylic acids is 1. The van der Waals surface area contributed by atoms with Crippen LogP contribution in [0.1, 0.15) is 29.2 Å². The molecule has 0 spiro atoms. The summed E-state index contributed by atoms with van der Waals surface area (Å²) >= 11 is 5.82. The second kappa shape index (κ2) is 8.10. The molecule has 0 saturated heterocycles. The average molecular weight is 371 g/mol. The van der Waals surface area contributed by atoms with Crippen molar-refractivity contribution in [2.45, 2.75) is 26.7 Å². The molecule has 3 rings (SSSR count). The number of hydrogen-bond acceptors (Lipinski definition) is 5. The summed E-state index contributed by atoms with van der Waals surface area (Å²) in [6, 6.07) is 9.16. The monoisotopic (exact) mass is 370 g/mol. The van der Waals surface area contributed by atoms with Gasteiger partial charge in [0.15, 0.2) is 5.82 Å². The van der Waals surface area contributed by atoms with Gasteiger partial charge in [0.1, 0.15) is 0 Å². The van der Waals surface area contributed by atoms with Crippen molar-refractivity contribution in [3.8, 4) is 0 Å². The molecule has 7 heteroatoms. The van der Waals surface area contributed by atoms with E-state index in [1.807, 2.05) is 32.0 Å². The number of aryl methyl sites for hydroxylation is 3. The zero-order valence-electron chi connectivity index (χ0n) is 14.6. The first kappa shape index (κ1) is 18.1. The van der Waals surface area contributed by atoms with Gasteiger partial charge in [-0.3, -0.25) is 0 Å². The summed E-state index contributed by atoms with van der Waals surface area (Å²) < 4.78 is 6.92. The van der Waals surface area contributed by atoms with E-state index in [0.717, 1.165) is 17.0 Å². The van der Waals surface area contributed by atoms with Gasteiger partial charge < -0.3 is 4.74 Å². The van der Waals surface area contributed by atoms with Gasteiger partial charge >= 0.3 is 5.97 Å². The van der Waals surface area contributed by atoms with Gasteiger partial charge in [-0.05, 0) is 50.1 Å². The highest BCUT2D eigenvalue weighted by Gasteiger charge is 2.08. The number of hydrogen-bond donors (Lipinski definition) is 0. The van der Waals surface area contributed by atoms with E-state index in [-0.39, 0.29) is 5.97 Å². The number of carbonyl (C=O) groups is 1. The Kier molecular flexibility index (Phi) is 5.63. The molecule has 0 radical (unpaired) electrons. The summed E-state index contributed by atoms with van der Waals surface area (Å²) in [5.74, 6) is 0.912. The lowest BCUT2D eigenvalue weighted by atomic mass is 10.2. The Bertz CT molecular complexity index is 948. The third-order valence-corrected chi connectivity index (χ3v) is 3.99. The maximum atomic E-state index is 11.7. The molecule has 0 saturated carbocycles. The number of benzene rings is 1. The van der Waals surface area contributed by atoms with Crippen LogP contribution in [0.25, 0.3) is 11.9 Å². The number of ether oxygens (including phenoxy) is 1. The van der Waals surface area contributed by atoms with Crippen molar-refractivity contribution in [3.63, 3.8) is 0 Å². The molecule has 0 unspecified atom stereocenters. The van der Waals surface area contributed by atoms with E-state index in [1.165, 1.54) is 6.08 Å². The molecule has 26 heavy (non-hydrogen) atoms. The number of nitrogens with zero attached hydrogens (tertiary/aromatic N) is 4. The van der Waals surface area contributed by atoms with E-state index in [2.05, 4.69) is 15.1 Å². The van der Waals surface area contributed by atoms with Gasteiger partial charge in [-0.2, -0.15) is 4.98 Å². The van der Waals surface area contributed by atoms with Crippen LogP contribution in [0, 0.1) is 13.8 Å². The predicted octanol–water partition coefficient (Wildman–Crippen LogP) is 3.58. The van der Waals surface area contributed by atoms with Crippen LogP contribution in [0.5, 0.6) is 0 Å². The smallest absolute Gasteiger partial charge is 0.330 e. The van der Waals surface area contributed by atoms with Gasteiger partial charge in [0.2, 0.25) is 0 Å². The molecular formula is C19H19ClN4O2. The first-order chi connectivity index (χ1) is 12.5. The van der Waals surface area contributed by atoms with Crippen LogP contribution in [-0.4, -0.2) is 32.2 Å². The van der Waals surface area contributed by atoms with E-state index < -0.39 is 0 Å². The Morgan fingerprint density at radius 2 is 2.00 bits per heavy atom. The Balaban J connectivity index is 1.47. The van der Waals surface area contributed by atoms with E-state index in [1.54, 1.807) is 22.7 Å². The van der Waals surface area contributed by atoms with Crippen LogP contribution in [0.4, 0.5) is 0 Å². The Morgan fingerprint density at radius 3 is 2.77 bits per heavy atom. The number of rotatable bonds is 6. The molecule has 134 valence electrons. The van der Waals surface area contributed by atoms with Gasteiger partial charge in [-0.25, -0.2) is 14.3 Å². The first-order valence-corrected chi connectivity index (χ1v) is 8.69. The zero-order chi connectivity index (χ0) is 18.5. The molecule has 0 amide bonds. The minimum Gasteiger partial charge on any atom is -0.463 e. The van der Waals surface area contributed by atoms with Gasteiger partial charge in [0.25, 0.3) is 5.78 Å². The fourth-order valence-electron chi connectivity index (χ4n) is 2.50. The lowest BCUT2D eigenvalue weighted by Crippen LogP contribution is -2.04. The second-order valence-electron chi connectivity index (χ2n) is 5.93. The number of aromatic nitrogens is 4. The first-order valence-electron chi connectivity index (χ1n) is 8.31. The van der Waals surface area contributed by atoms with Crippen LogP contribution < -0.4 is 0 Å². The standard InChI is InChI=1S/C19H19ClN4O2/c1-13-12-14(2)24-19(21-13)22-17(23-24)4-3-11-26-18(25)10-7-15-5-8-16(20)9-6-15/h5-10,12H,3-4,11H2,1-2H3/b10-7+. The zero-order valence-corrected chi connectivity index (χ0v) is 15.4. The van der Waals surface area contributed by atoms with E-state index in [4.69, 9.17) is 16.3 Å². The Labute approximate surface area is 156 Å². The van der Waals surface area contributed by atoms with Crippen molar-refractivity contribution in [2.24, 2.45) is 0 Å². The van der Waals surface area contributed by atoms with Gasteiger partial charge in [-0.15, -0.1) is 5.10 Å². The third-order valence-electron chi connectivity index (χ3n) is 3.73. The SMILES string of the molecule is Cc1cc(C)n2nc(CCCOC(=O)/C=C/c3ccc(Cl)cc3)nc2n1. The molecule has 6 nitrogen and oxygen atoms in total. The van der Waals surface area contributed by atoms with Gasteiger partial charge in [0.05, 0.1) is 6.61 Å². The van der Waals surface area contributed by atoms with Crippen LogP contribution in [0.2, 0.25) is 5.02 Å². The lowest BCUT2D eigenvalue weighted by Gasteiger charge is -2.00. The van der Waals surface area contributed by atoms with Crippen LogP contribution >= 0.6 is 11.6 Å². The fraction of sp³-hybridized carbons (Fsp3) is 0.263. The summed E-state index contributed by atoms with van der Waals surface area (Å²) in [5, 5.41) is 5.09. The Hall–Kier alpha value is -2.73. The molecule has 0 N–H and O–H groups in total. The summed E-state index contributed by atoms with van der Waals surface area (Å²) in [7, 11) is 0. The topological polar surface area (TPSA) is 69.4 Å². The number of halogens is 1. The summed E-state index contributed by atoms with van der Waals surface area (Å²) in [6.45, 7) is 4.21. The number of esters is 1. The van der Waals surface area contributed by atoms with Gasteiger partial charge in [0, 0.05) is 28.9 Å². The van der Waals surface area contributed by atoms with Crippen molar-refractivity contribution in [1.82, 2.24) is 19.6 Å². The maximum absolute atomic E-state index is 11.7. The van der Waals surface area contributed by atoms with Crippen molar-refractivity contribution >= 4 is 29.4 Å². The van der Waals surface area contributed by atoms with E-state index >= 15 is 0 Å². The predicted molar refractivity (Wildman–Crippen MR) is 100 cm³/mol. The summed E-state index contributed by atoms with van der Waals surface area (Å²) in [5.41, 5.74) is 2.79. The van der Waals surface area contributed by atoms with Crippen LogP contribution in [0.15, 0.2) is 36.4 Å². The van der Waals surface area contributed by atoms with Crippen molar-refractivity contribution in [3.05, 3.63) is 64.2 Å². The second-order valence-corrected chi connectivity index (χ2v) is 6.37. The lowest BCUT2D eigenvalue weighted by molar-refractivity contribution is -0.137. The van der Waals surface area contributed by atoms with E-state index in [9.17, 15) is 4.79 Å². The molecule has 3 aromatic rings. The quantitative estimate of drug-likeness (QED) is 0.377. The minimum atomic E-state index is -0.379. The van der Waals surface area contributed by atoms with Crippen molar-refractivity contribution in [1.29, 1.82) is 0 Å². The average Bonchev–Trinajstić information content (AvgIpc) is 3.01. The van der Waals surface area contributed by atoms with Gasteiger partial charge in [-0.1, -0.05) is 23.7 Å². The highest BCUT2D eigenvalue weighted by atomic mass is 35.5. The summed E-state index contributed by atoms with van der Waals surface area (Å²) in [6.07, 6.45) is 4.37.